The number of methoxy groups -OCH3 is 1. The fourth-order valence-corrected chi connectivity index (χ4v) is 8.17. The summed E-state index contributed by atoms with van der Waals surface area (Å²) in [5.41, 5.74) is 2.43. The van der Waals surface area contributed by atoms with Crippen LogP contribution in [-0.4, -0.2) is 57.8 Å². The van der Waals surface area contributed by atoms with Gasteiger partial charge in [-0.15, -0.1) is 0 Å². The van der Waals surface area contributed by atoms with Crippen LogP contribution in [0.25, 0.3) is 10.8 Å². The fraction of sp³-hybridized carbons (Fsp3) is 0.512. The second-order valence-corrected chi connectivity index (χ2v) is 14.4. The molecule has 0 aromatic heterocycles. The molecule has 1 saturated heterocycles. The maximum Gasteiger partial charge on any atom is 0.160 e. The maximum absolute atomic E-state index is 13.5. The molecule has 1 saturated carbocycles. The Morgan fingerprint density at radius 2 is 1.73 bits per heavy atom. The Morgan fingerprint density at radius 1 is 0.918 bits per heavy atom. The number of ether oxygens (including phenoxy) is 1. The first kappa shape index (κ1) is 34.9. The third kappa shape index (κ3) is 8.46. The lowest BCUT2D eigenvalue weighted by Gasteiger charge is -2.39. The van der Waals surface area contributed by atoms with Crippen LogP contribution in [-0.2, 0) is 16.0 Å². The number of fused-ring (bicyclic) bond motifs is 3. The minimum absolute atomic E-state index is 0.00537. The average molecular weight is 668 g/mol. The third-order valence-corrected chi connectivity index (χ3v) is 11.0. The molecule has 1 aliphatic heterocycles. The van der Waals surface area contributed by atoms with Gasteiger partial charge in [-0.1, -0.05) is 42.9 Å². The number of aliphatic hydroxyl groups excluding tert-OH is 2. The highest BCUT2D eigenvalue weighted by Gasteiger charge is 2.34. The summed E-state index contributed by atoms with van der Waals surface area (Å²) in [7, 11) is 1.49. The van der Waals surface area contributed by atoms with Crippen molar-refractivity contribution in [1.29, 1.82) is 0 Å². The molecule has 0 unspecified atom stereocenters. The largest absolute Gasteiger partial charge is 0.508 e. The van der Waals surface area contributed by atoms with E-state index in [-0.39, 0.29) is 29.6 Å². The number of phenolic OH excluding ortho intramolecular Hbond substituents is 2. The number of piperidine rings is 1. The molecule has 49 heavy (non-hydrogen) atoms. The standard InChI is InChI=1S/C41H49NO7/c1-49-41-21-29-12-17-39(47)34(38(46)5-3-2-4-25-18-30-9-14-33(44)22-36(30)42-24-25)15-10-26(35(29)23-40(41)48)11-16-37(45)31-7-6-28-20-32(43)13-8-27(28)19-31/h6-8,13,19-21,23,25-26,30,34,36-38,42-43,45-46,48H,2-5,9,11-12,14,16-18,22,24H2,1H3/t25-,26+,30+,34-,36-,37+,38-/m1/s1. The van der Waals surface area contributed by atoms with Crippen molar-refractivity contribution in [2.24, 2.45) is 17.8 Å². The first-order valence-corrected chi connectivity index (χ1v) is 18.0. The molecule has 5 N–H and O–H groups in total. The van der Waals surface area contributed by atoms with Crippen LogP contribution >= 0.6 is 0 Å². The van der Waals surface area contributed by atoms with E-state index in [2.05, 4.69) is 17.2 Å². The Balaban J connectivity index is 1.12. The van der Waals surface area contributed by atoms with Crippen LogP contribution in [0, 0.1) is 29.6 Å². The van der Waals surface area contributed by atoms with E-state index in [0.717, 1.165) is 66.1 Å². The van der Waals surface area contributed by atoms with Crippen molar-refractivity contribution in [2.75, 3.05) is 13.7 Å². The van der Waals surface area contributed by atoms with Crippen molar-refractivity contribution in [3.05, 3.63) is 65.2 Å². The molecule has 8 nitrogen and oxygen atoms in total. The van der Waals surface area contributed by atoms with E-state index >= 15 is 0 Å². The first-order valence-electron chi connectivity index (χ1n) is 18.0. The lowest BCUT2D eigenvalue weighted by Crippen LogP contribution is -2.48. The van der Waals surface area contributed by atoms with Crippen LogP contribution in [0.4, 0.5) is 0 Å². The van der Waals surface area contributed by atoms with E-state index in [0.29, 0.717) is 67.9 Å². The number of hydrogen-bond acceptors (Lipinski definition) is 8. The summed E-state index contributed by atoms with van der Waals surface area (Å²) in [6.07, 6.45) is 6.72. The highest BCUT2D eigenvalue weighted by atomic mass is 16.5. The molecule has 6 rings (SSSR count). The molecule has 260 valence electrons. The third-order valence-electron chi connectivity index (χ3n) is 11.0. The summed E-state index contributed by atoms with van der Waals surface area (Å²) in [6.45, 7) is 0.936. The maximum atomic E-state index is 13.5. The van der Waals surface area contributed by atoms with Crippen LogP contribution in [0.3, 0.4) is 0 Å². The number of unbranched alkanes of at least 4 members (excludes halogenated alkanes) is 1. The summed E-state index contributed by atoms with van der Waals surface area (Å²) in [4.78, 5) is 25.3. The summed E-state index contributed by atoms with van der Waals surface area (Å²) in [5.74, 6) is 7.24. The van der Waals surface area contributed by atoms with Crippen molar-refractivity contribution in [1.82, 2.24) is 5.32 Å². The minimum Gasteiger partial charge on any atom is -0.508 e. The quantitative estimate of drug-likeness (QED) is 0.119. The number of carbonyl (C=O) groups excluding carboxylic acids is 2. The van der Waals surface area contributed by atoms with Gasteiger partial charge in [-0.2, -0.15) is 0 Å². The number of aliphatic hydroxyl groups is 2. The van der Waals surface area contributed by atoms with Gasteiger partial charge in [-0.25, -0.2) is 0 Å². The average Bonchev–Trinajstić information content (AvgIpc) is 3.16. The molecule has 2 aliphatic carbocycles. The van der Waals surface area contributed by atoms with Gasteiger partial charge in [0.05, 0.1) is 19.3 Å². The number of hydrogen-bond donors (Lipinski definition) is 5. The number of carbonyl (C=O) groups is 2. The smallest absolute Gasteiger partial charge is 0.160 e. The van der Waals surface area contributed by atoms with Gasteiger partial charge in [0.2, 0.25) is 0 Å². The molecule has 3 aromatic carbocycles. The van der Waals surface area contributed by atoms with Gasteiger partial charge in [0.15, 0.2) is 17.3 Å². The zero-order valence-corrected chi connectivity index (χ0v) is 28.4. The van der Waals surface area contributed by atoms with E-state index in [9.17, 15) is 30.0 Å². The van der Waals surface area contributed by atoms with Gasteiger partial charge in [0.25, 0.3) is 0 Å². The number of ketones is 2. The molecule has 8 heteroatoms. The normalized spacial score (nSPS) is 25.2. The van der Waals surface area contributed by atoms with Crippen LogP contribution < -0.4 is 10.1 Å². The van der Waals surface area contributed by atoms with E-state index in [4.69, 9.17) is 4.74 Å². The van der Waals surface area contributed by atoms with E-state index in [1.165, 1.54) is 7.11 Å². The first-order chi connectivity index (χ1) is 23.7. The Kier molecular flexibility index (Phi) is 11.2. The highest BCUT2D eigenvalue weighted by molar-refractivity contribution is 5.85. The molecule has 7 atom stereocenters. The fourth-order valence-electron chi connectivity index (χ4n) is 8.17. The van der Waals surface area contributed by atoms with Gasteiger partial charge >= 0.3 is 0 Å². The SMILES string of the molecule is COc1cc2c(cc1O)[C@H](CC[C@H](O)c1ccc3cc(O)ccc3c1)C#C[C@H]([C@H](O)CCCC[C@H]1CN[C@@H]3CC(=O)CC[C@H]3C1)C(=O)CC2. The zero-order valence-electron chi connectivity index (χ0n) is 28.4. The van der Waals surface area contributed by atoms with Crippen molar-refractivity contribution in [2.45, 2.75) is 101 Å². The van der Waals surface area contributed by atoms with Crippen molar-refractivity contribution >= 4 is 22.3 Å². The van der Waals surface area contributed by atoms with Gasteiger partial charge in [-0.3, -0.25) is 9.59 Å². The number of benzene rings is 3. The van der Waals surface area contributed by atoms with Gasteiger partial charge in [0.1, 0.15) is 17.5 Å². The molecule has 0 amide bonds. The topological polar surface area (TPSA) is 136 Å². The number of aromatic hydroxyl groups is 2. The molecule has 0 bridgehead atoms. The number of aryl methyl sites for hydroxylation is 1. The molecule has 0 radical (unpaired) electrons. The van der Waals surface area contributed by atoms with Crippen LogP contribution in [0.1, 0.15) is 99.3 Å². The summed E-state index contributed by atoms with van der Waals surface area (Å²) in [6, 6.07) is 14.6. The second-order valence-electron chi connectivity index (χ2n) is 14.4. The summed E-state index contributed by atoms with van der Waals surface area (Å²) >= 11 is 0. The van der Waals surface area contributed by atoms with Gasteiger partial charge in [0, 0.05) is 31.2 Å². The van der Waals surface area contributed by atoms with Crippen molar-refractivity contribution in [3.63, 3.8) is 0 Å². The molecular weight excluding hydrogens is 618 g/mol. The van der Waals surface area contributed by atoms with Crippen molar-refractivity contribution < 1.29 is 34.8 Å². The molecule has 3 aromatic rings. The summed E-state index contributed by atoms with van der Waals surface area (Å²) in [5, 5.41) is 48.4. The monoisotopic (exact) mass is 667 g/mol. The lowest BCUT2D eigenvalue weighted by atomic mass is 9.74. The zero-order chi connectivity index (χ0) is 34.5. The Labute approximate surface area is 288 Å². The number of rotatable bonds is 11. The molecular formula is C41H49NO7. The predicted molar refractivity (Wildman–Crippen MR) is 189 cm³/mol. The van der Waals surface area contributed by atoms with E-state index in [1.807, 2.05) is 24.3 Å². The predicted octanol–water partition coefficient (Wildman–Crippen LogP) is 6.26. The molecule has 0 spiro atoms. The molecule has 2 fully saturated rings. The van der Waals surface area contributed by atoms with Crippen LogP contribution in [0.15, 0.2) is 48.5 Å². The Morgan fingerprint density at radius 3 is 2.57 bits per heavy atom. The molecule has 3 aliphatic rings. The second kappa shape index (κ2) is 15.8. The van der Waals surface area contributed by atoms with Crippen LogP contribution in [0.5, 0.6) is 17.2 Å². The number of Topliss-reactive ketones (excluding diaryl/α,β-unsaturated/α-hetero) is 2. The van der Waals surface area contributed by atoms with Gasteiger partial charge < -0.3 is 30.5 Å². The van der Waals surface area contributed by atoms with E-state index in [1.54, 1.807) is 24.3 Å². The highest BCUT2D eigenvalue weighted by Crippen LogP contribution is 2.38. The number of phenols is 2. The van der Waals surface area contributed by atoms with Crippen LogP contribution in [0.2, 0.25) is 0 Å². The number of nitrogens with one attached hydrogen (secondary N) is 1. The minimum atomic E-state index is -0.870. The Hall–Kier alpha value is -3.90. The lowest BCUT2D eigenvalue weighted by molar-refractivity contribution is -0.124. The molecule has 1 heterocycles. The van der Waals surface area contributed by atoms with Crippen molar-refractivity contribution in [3.8, 4) is 29.1 Å². The summed E-state index contributed by atoms with van der Waals surface area (Å²) < 4.78 is 5.38. The Bertz CT molecular complexity index is 1720. The van der Waals surface area contributed by atoms with E-state index < -0.39 is 18.1 Å². The van der Waals surface area contributed by atoms with Gasteiger partial charge in [-0.05, 0) is 121 Å².